The molecule has 2 aliphatic heterocycles. The van der Waals surface area contributed by atoms with E-state index in [1.807, 2.05) is 96.9 Å². The number of carbonyl (C=O) groups is 6. The molecule has 20 heteroatoms. The van der Waals surface area contributed by atoms with Gasteiger partial charge in [0.2, 0.25) is 0 Å². The molecule has 1 aromatic rings. The number of amides is 4. The number of hydrogen-bond acceptors (Lipinski definition) is 16. The Bertz CT molecular complexity index is 1910. The van der Waals surface area contributed by atoms with Crippen LogP contribution >= 0.6 is 0 Å². The lowest BCUT2D eigenvalue weighted by molar-refractivity contribution is -0.144. The molecular weight excluding hydrogens is 1050 g/mol. The Kier molecular flexibility index (Phi) is 31.4. The molecule has 0 bridgehead atoms. The van der Waals surface area contributed by atoms with Crippen LogP contribution in [0.2, 0.25) is 0 Å². The zero-order valence-corrected chi connectivity index (χ0v) is 53.4. The van der Waals surface area contributed by atoms with Crippen LogP contribution < -0.4 is 0 Å². The molecule has 0 unspecified atom stereocenters. The molecule has 2 fully saturated rings. The summed E-state index contributed by atoms with van der Waals surface area (Å²) < 4.78 is 33.9. The molecule has 20 nitrogen and oxygen atoms in total. The van der Waals surface area contributed by atoms with Gasteiger partial charge in [-0.1, -0.05) is 24.3 Å². The molecule has 2 heterocycles. The van der Waals surface area contributed by atoms with Crippen LogP contribution in [0.3, 0.4) is 0 Å². The first-order chi connectivity index (χ1) is 38.5. The molecule has 4 amide bonds. The highest BCUT2D eigenvalue weighted by Crippen LogP contribution is 2.19. The topological polar surface area (TPSA) is 184 Å². The lowest BCUT2D eigenvalue weighted by Crippen LogP contribution is -2.46. The molecular formula is C62H110N8O12. The fourth-order valence-corrected chi connectivity index (χ4v) is 9.63. The van der Waals surface area contributed by atoms with Gasteiger partial charge in [-0.2, -0.15) is 0 Å². The Balaban J connectivity index is 1.89. The van der Waals surface area contributed by atoms with Crippen LogP contribution in [0.25, 0.3) is 0 Å². The van der Waals surface area contributed by atoms with Gasteiger partial charge < -0.3 is 57.8 Å². The summed E-state index contributed by atoms with van der Waals surface area (Å²) in [5.41, 5.74) is -0.391. The highest BCUT2D eigenvalue weighted by Gasteiger charge is 2.29. The smallest absolute Gasteiger partial charge is 0.410 e. The van der Waals surface area contributed by atoms with E-state index in [4.69, 9.17) is 28.4 Å². The van der Waals surface area contributed by atoms with Gasteiger partial charge in [-0.05, 0) is 199 Å². The maximum absolute atomic E-state index is 13.8. The van der Waals surface area contributed by atoms with Crippen molar-refractivity contribution in [3.63, 3.8) is 0 Å². The van der Waals surface area contributed by atoms with Gasteiger partial charge in [-0.15, -0.1) is 0 Å². The third kappa shape index (κ3) is 32.2. The number of benzene rings is 1. The van der Waals surface area contributed by atoms with E-state index in [1.165, 1.54) is 0 Å². The van der Waals surface area contributed by atoms with Crippen LogP contribution in [-0.2, 0) is 51.1 Å². The maximum atomic E-state index is 13.8. The fourth-order valence-electron chi connectivity index (χ4n) is 9.63. The fraction of sp³-hybridized carbons (Fsp3) is 0.806. The van der Waals surface area contributed by atoms with E-state index in [0.717, 1.165) is 76.1 Å². The molecule has 0 N–H and O–H groups in total. The van der Waals surface area contributed by atoms with Gasteiger partial charge in [0.15, 0.2) is 0 Å². The average molecular weight is 1160 g/mol. The molecule has 82 heavy (non-hydrogen) atoms. The SMILES string of the molecule is CCOC(=O)CCCCN1CCCN(Cc2ccc(CN3CCCN(CCCCC(=O)OCC)CCN(C(=O)OC(C)(C)C)CCCN(C(=O)OC(C)(C)C)CC3)cc2)CCN(C(=O)OC(C)(C)C)CCCN(C(=O)OC(C)(C)C)CC1. The average Bonchev–Trinajstić information content (AvgIpc) is 3.35. The minimum Gasteiger partial charge on any atom is -0.466 e. The van der Waals surface area contributed by atoms with Gasteiger partial charge in [0.1, 0.15) is 22.4 Å². The van der Waals surface area contributed by atoms with Gasteiger partial charge in [0, 0.05) is 104 Å². The zero-order chi connectivity index (χ0) is 60.9. The second-order valence-electron chi connectivity index (χ2n) is 25.9. The Labute approximate surface area is 494 Å². The molecule has 0 spiro atoms. The van der Waals surface area contributed by atoms with Crippen LogP contribution in [-0.4, -0.2) is 229 Å². The van der Waals surface area contributed by atoms with Crippen LogP contribution in [0, 0.1) is 0 Å². The summed E-state index contributed by atoms with van der Waals surface area (Å²) in [4.78, 5) is 95.6. The highest BCUT2D eigenvalue weighted by atomic mass is 16.6. The van der Waals surface area contributed by atoms with E-state index >= 15 is 0 Å². The standard InChI is InChI=1S/C62H110N8O12/c1-15-77-53(71)25-17-19-31-63-33-21-35-65(43-47-69(57(75)81-61(9,10)11)39-23-37-67(45-41-63)55(73)79-59(3,4)5)49-51-27-29-52(30-28-51)50-66-36-22-34-64(32-20-18-26-54(72)78-16-2)42-46-68(56(74)80-60(6,7)8)38-24-40-70(48-44-66)58(76)82-62(12,13)14/h27-30H,15-26,31-50H2,1-14H3. The summed E-state index contributed by atoms with van der Waals surface area (Å²) >= 11 is 0. The van der Waals surface area contributed by atoms with E-state index in [1.54, 1.807) is 19.6 Å². The van der Waals surface area contributed by atoms with E-state index in [9.17, 15) is 28.8 Å². The Morgan fingerprint density at radius 3 is 0.878 bits per heavy atom. The van der Waals surface area contributed by atoms with Crippen molar-refractivity contribution < 1.29 is 57.2 Å². The molecule has 2 aliphatic rings. The third-order valence-electron chi connectivity index (χ3n) is 13.6. The summed E-state index contributed by atoms with van der Waals surface area (Å²) in [7, 11) is 0. The second kappa shape index (κ2) is 36.0. The number of unbranched alkanes of at least 4 members (excludes halogenated alkanes) is 2. The molecule has 0 aliphatic carbocycles. The lowest BCUT2D eigenvalue weighted by Gasteiger charge is -2.33. The summed E-state index contributed by atoms with van der Waals surface area (Å²) in [6.07, 6.45) is 5.07. The summed E-state index contributed by atoms with van der Waals surface area (Å²) in [5.74, 6) is -0.369. The predicted molar refractivity (Wildman–Crippen MR) is 321 cm³/mol. The van der Waals surface area contributed by atoms with Crippen molar-refractivity contribution in [2.24, 2.45) is 0 Å². The largest absolute Gasteiger partial charge is 0.466 e. The summed E-state index contributed by atoms with van der Waals surface area (Å²) in [5, 5.41) is 0. The quantitative estimate of drug-likeness (QED) is 0.0865. The lowest BCUT2D eigenvalue weighted by atomic mass is 10.1. The minimum atomic E-state index is -0.680. The third-order valence-corrected chi connectivity index (χ3v) is 13.6. The van der Waals surface area contributed by atoms with Crippen LogP contribution in [0.1, 0.15) is 172 Å². The van der Waals surface area contributed by atoms with Crippen molar-refractivity contribution in [1.82, 2.24) is 39.2 Å². The van der Waals surface area contributed by atoms with Gasteiger partial charge >= 0.3 is 36.3 Å². The normalized spacial score (nSPS) is 17.7. The molecule has 0 aromatic heterocycles. The van der Waals surface area contributed by atoms with E-state index in [2.05, 4.69) is 43.9 Å². The Hall–Kier alpha value is -4.92. The van der Waals surface area contributed by atoms with E-state index < -0.39 is 22.4 Å². The van der Waals surface area contributed by atoms with Crippen molar-refractivity contribution in [2.75, 3.05) is 131 Å². The maximum Gasteiger partial charge on any atom is 0.410 e. The number of rotatable bonds is 16. The predicted octanol–water partition coefficient (Wildman–Crippen LogP) is 9.90. The summed E-state index contributed by atoms with van der Waals surface area (Å²) in [6.45, 7) is 38.7. The van der Waals surface area contributed by atoms with E-state index in [0.29, 0.717) is 143 Å². The monoisotopic (exact) mass is 1160 g/mol. The Morgan fingerprint density at radius 1 is 0.354 bits per heavy atom. The molecule has 0 radical (unpaired) electrons. The summed E-state index contributed by atoms with van der Waals surface area (Å²) in [6, 6.07) is 8.77. The first-order valence-electron chi connectivity index (χ1n) is 30.7. The number of ether oxygens (including phenoxy) is 6. The molecule has 0 atom stereocenters. The van der Waals surface area contributed by atoms with Crippen LogP contribution in [0.5, 0.6) is 0 Å². The molecule has 0 saturated carbocycles. The van der Waals surface area contributed by atoms with Crippen molar-refractivity contribution in [2.45, 2.75) is 197 Å². The molecule has 1 aromatic carbocycles. The van der Waals surface area contributed by atoms with Crippen molar-refractivity contribution >= 4 is 36.3 Å². The van der Waals surface area contributed by atoms with Crippen LogP contribution in [0.15, 0.2) is 24.3 Å². The van der Waals surface area contributed by atoms with Crippen molar-refractivity contribution in [3.05, 3.63) is 35.4 Å². The molecule has 3 rings (SSSR count). The minimum absolute atomic E-state index is 0.184. The van der Waals surface area contributed by atoms with Crippen molar-refractivity contribution in [1.29, 1.82) is 0 Å². The zero-order valence-electron chi connectivity index (χ0n) is 53.4. The molecule has 470 valence electrons. The van der Waals surface area contributed by atoms with Crippen LogP contribution in [0.4, 0.5) is 19.2 Å². The Morgan fingerprint density at radius 2 is 0.610 bits per heavy atom. The highest BCUT2D eigenvalue weighted by molar-refractivity contribution is 5.70. The number of esters is 2. The van der Waals surface area contributed by atoms with E-state index in [-0.39, 0.29) is 36.3 Å². The first-order valence-corrected chi connectivity index (χ1v) is 30.7. The number of carbonyl (C=O) groups excluding carboxylic acids is 6. The van der Waals surface area contributed by atoms with Gasteiger partial charge in [0.25, 0.3) is 0 Å². The molecule has 2 saturated heterocycles. The number of hydrogen-bond donors (Lipinski definition) is 0. The van der Waals surface area contributed by atoms with Gasteiger partial charge in [-0.3, -0.25) is 19.4 Å². The van der Waals surface area contributed by atoms with Crippen molar-refractivity contribution in [3.8, 4) is 0 Å². The van der Waals surface area contributed by atoms with Gasteiger partial charge in [-0.25, -0.2) is 19.2 Å². The van der Waals surface area contributed by atoms with Gasteiger partial charge in [0.05, 0.1) is 13.2 Å². The first kappa shape index (κ1) is 71.3. The number of nitrogens with zero attached hydrogens (tertiary/aromatic N) is 8. The second-order valence-corrected chi connectivity index (χ2v) is 25.9.